The molecule has 0 spiro atoms. The standard InChI is InChI=1S/C23H28F3N7O/c24-23(25,26)18-6-14(9-28-21(18)27)19-8-20(30-22(29-19)33-10-13-4-15(33)5-13)32-12-16-7-17(32)11-31(16)2-1-3-34/h6,8-9,13,15-17,34H,1-5,7,10-12H2,(H2,27,28)/t13?,15?,16-,17-/m0/s1. The van der Waals surface area contributed by atoms with E-state index in [0.29, 0.717) is 35.7 Å². The Kier molecular flexibility index (Phi) is 5.10. The Morgan fingerprint density at radius 3 is 2.47 bits per heavy atom. The first-order chi connectivity index (χ1) is 16.3. The summed E-state index contributed by atoms with van der Waals surface area (Å²) in [5.41, 5.74) is 5.29. The molecule has 2 aromatic heterocycles. The number of alkyl halides is 3. The van der Waals surface area contributed by atoms with E-state index in [4.69, 9.17) is 20.8 Å². The van der Waals surface area contributed by atoms with Gasteiger partial charge in [-0.05, 0) is 37.7 Å². The van der Waals surface area contributed by atoms with Crippen molar-refractivity contribution in [3.8, 4) is 11.3 Å². The van der Waals surface area contributed by atoms with Crippen molar-refractivity contribution >= 4 is 17.6 Å². The third kappa shape index (κ3) is 3.65. The van der Waals surface area contributed by atoms with Crippen LogP contribution < -0.4 is 15.5 Å². The number of fused-ring (bicyclic) bond motifs is 3. The highest BCUT2D eigenvalue weighted by atomic mass is 19.4. The van der Waals surface area contributed by atoms with Crippen LogP contribution in [-0.4, -0.2) is 75.9 Å². The number of pyridine rings is 1. The van der Waals surface area contributed by atoms with Crippen LogP contribution in [0.3, 0.4) is 0 Å². The SMILES string of the molecule is Nc1ncc(-c2cc(N3C[C@@H]4C[C@H]3CN4CCCO)nc(N3CC4CC3C4)n2)cc1C(F)(F)F. The van der Waals surface area contributed by atoms with E-state index < -0.39 is 17.6 Å². The van der Waals surface area contributed by atoms with Crippen LogP contribution in [0.25, 0.3) is 11.3 Å². The summed E-state index contributed by atoms with van der Waals surface area (Å²) >= 11 is 0. The fourth-order valence-electron chi connectivity index (χ4n) is 6.04. The van der Waals surface area contributed by atoms with Gasteiger partial charge in [-0.3, -0.25) is 4.90 Å². The Hall–Kier alpha value is -2.66. The maximum absolute atomic E-state index is 13.5. The molecular formula is C23H28F3N7O. The van der Waals surface area contributed by atoms with Gasteiger partial charge in [-0.15, -0.1) is 0 Å². The van der Waals surface area contributed by atoms with Gasteiger partial charge in [0.05, 0.1) is 11.3 Å². The van der Waals surface area contributed by atoms with E-state index in [9.17, 15) is 13.2 Å². The van der Waals surface area contributed by atoms with Gasteiger partial charge in [0, 0.05) is 68.7 Å². The largest absolute Gasteiger partial charge is 0.419 e. The number of aliphatic hydroxyl groups excluding tert-OH is 1. The third-order valence-electron chi connectivity index (χ3n) is 7.84. The lowest BCUT2D eigenvalue weighted by Crippen LogP contribution is -2.47. The zero-order valence-corrected chi connectivity index (χ0v) is 18.7. The molecule has 1 aliphatic carbocycles. The Labute approximate surface area is 195 Å². The van der Waals surface area contributed by atoms with Crippen molar-refractivity contribution in [2.45, 2.75) is 50.0 Å². The van der Waals surface area contributed by atoms with E-state index in [1.54, 1.807) is 6.07 Å². The van der Waals surface area contributed by atoms with Crippen LogP contribution in [-0.2, 0) is 6.18 Å². The number of aliphatic hydroxyl groups is 1. The maximum atomic E-state index is 13.5. The Balaban J connectivity index is 1.36. The van der Waals surface area contributed by atoms with Gasteiger partial charge in [0.1, 0.15) is 11.6 Å². The molecule has 4 aliphatic heterocycles. The van der Waals surface area contributed by atoms with Gasteiger partial charge in [-0.25, -0.2) is 9.97 Å². The van der Waals surface area contributed by atoms with Crippen molar-refractivity contribution in [2.75, 3.05) is 48.3 Å². The van der Waals surface area contributed by atoms with Crippen LogP contribution in [0, 0.1) is 5.92 Å². The van der Waals surface area contributed by atoms with Crippen LogP contribution in [0.2, 0.25) is 0 Å². The summed E-state index contributed by atoms with van der Waals surface area (Å²) in [6.07, 6.45) is 0.799. The molecule has 182 valence electrons. The molecule has 1 saturated carbocycles. The second-order valence-electron chi connectivity index (χ2n) is 9.98. The van der Waals surface area contributed by atoms with Crippen molar-refractivity contribution < 1.29 is 18.3 Å². The Morgan fingerprint density at radius 2 is 1.82 bits per heavy atom. The molecule has 3 N–H and O–H groups in total. The predicted octanol–water partition coefficient (Wildman–Crippen LogP) is 2.38. The second-order valence-corrected chi connectivity index (χ2v) is 9.98. The topological polar surface area (TPSA) is 94.6 Å². The van der Waals surface area contributed by atoms with Crippen molar-refractivity contribution in [1.29, 1.82) is 0 Å². The van der Waals surface area contributed by atoms with E-state index >= 15 is 0 Å². The van der Waals surface area contributed by atoms with Gasteiger partial charge in [-0.1, -0.05) is 0 Å². The molecule has 7 rings (SSSR count). The van der Waals surface area contributed by atoms with E-state index in [1.807, 2.05) is 0 Å². The lowest BCUT2D eigenvalue weighted by atomic mass is 9.86. The molecule has 0 radical (unpaired) electrons. The highest BCUT2D eigenvalue weighted by Gasteiger charge is 2.46. The van der Waals surface area contributed by atoms with Gasteiger partial charge < -0.3 is 20.6 Å². The molecule has 0 aromatic carbocycles. The van der Waals surface area contributed by atoms with Crippen LogP contribution in [0.1, 0.15) is 31.2 Å². The second kappa shape index (κ2) is 7.94. The average molecular weight is 476 g/mol. The lowest BCUT2D eigenvalue weighted by molar-refractivity contribution is -0.137. The van der Waals surface area contributed by atoms with Crippen LogP contribution >= 0.6 is 0 Å². The predicted molar refractivity (Wildman–Crippen MR) is 121 cm³/mol. The number of hydrogen-bond donors (Lipinski definition) is 2. The first-order valence-electron chi connectivity index (χ1n) is 11.9. The maximum Gasteiger partial charge on any atom is 0.419 e. The number of aromatic nitrogens is 3. The molecule has 4 saturated heterocycles. The summed E-state index contributed by atoms with van der Waals surface area (Å²) in [5, 5.41) is 9.17. The number of rotatable bonds is 6. The third-order valence-corrected chi connectivity index (χ3v) is 7.84. The van der Waals surface area contributed by atoms with Gasteiger partial charge in [0.2, 0.25) is 5.95 Å². The highest BCUT2D eigenvalue weighted by molar-refractivity contribution is 5.68. The molecule has 8 nitrogen and oxygen atoms in total. The molecule has 34 heavy (non-hydrogen) atoms. The number of halogens is 3. The molecule has 2 atom stereocenters. The summed E-state index contributed by atoms with van der Waals surface area (Å²) in [5.74, 6) is 1.45. The number of anilines is 3. The lowest BCUT2D eigenvalue weighted by Gasteiger charge is -2.35. The first-order valence-corrected chi connectivity index (χ1v) is 11.9. The molecule has 6 heterocycles. The fraction of sp³-hybridized carbons (Fsp3) is 0.609. The molecular weight excluding hydrogens is 447 g/mol. The minimum atomic E-state index is -4.59. The van der Waals surface area contributed by atoms with Crippen LogP contribution in [0.15, 0.2) is 18.3 Å². The smallest absolute Gasteiger partial charge is 0.396 e. The minimum absolute atomic E-state index is 0.184. The molecule has 5 aliphatic rings. The molecule has 11 heteroatoms. The summed E-state index contributed by atoms with van der Waals surface area (Å²) in [6, 6.07) is 3.92. The monoisotopic (exact) mass is 475 g/mol. The van der Waals surface area contributed by atoms with Crippen LogP contribution in [0.5, 0.6) is 0 Å². The summed E-state index contributed by atoms with van der Waals surface area (Å²) < 4.78 is 40.5. The van der Waals surface area contributed by atoms with Gasteiger partial charge in [0.25, 0.3) is 0 Å². The Bertz CT molecular complexity index is 1090. The molecule has 0 unspecified atom stereocenters. The van der Waals surface area contributed by atoms with Crippen LogP contribution in [0.4, 0.5) is 30.8 Å². The normalized spacial score (nSPS) is 28.1. The summed E-state index contributed by atoms with van der Waals surface area (Å²) in [6.45, 7) is 3.66. The molecule has 5 fully saturated rings. The van der Waals surface area contributed by atoms with Gasteiger partial charge in [0.15, 0.2) is 0 Å². The van der Waals surface area contributed by atoms with Crippen molar-refractivity contribution in [3.63, 3.8) is 0 Å². The number of nitrogens with zero attached hydrogens (tertiary/aromatic N) is 6. The van der Waals surface area contributed by atoms with Crippen molar-refractivity contribution in [3.05, 3.63) is 23.9 Å². The number of hydrogen-bond acceptors (Lipinski definition) is 8. The summed E-state index contributed by atoms with van der Waals surface area (Å²) in [4.78, 5) is 20.3. The minimum Gasteiger partial charge on any atom is -0.396 e. The van der Waals surface area contributed by atoms with Crippen molar-refractivity contribution in [1.82, 2.24) is 19.9 Å². The van der Waals surface area contributed by atoms with Crippen molar-refractivity contribution in [2.24, 2.45) is 5.92 Å². The average Bonchev–Trinajstić information content (AvgIpc) is 3.56. The zero-order chi connectivity index (χ0) is 23.6. The first kappa shape index (κ1) is 21.8. The van der Waals surface area contributed by atoms with E-state index in [-0.39, 0.29) is 12.2 Å². The zero-order valence-electron chi connectivity index (χ0n) is 18.7. The number of likely N-dealkylation sites (tertiary alicyclic amines) is 1. The van der Waals surface area contributed by atoms with Gasteiger partial charge >= 0.3 is 6.18 Å². The van der Waals surface area contributed by atoms with E-state index in [1.165, 1.54) is 6.20 Å². The fourth-order valence-corrected chi connectivity index (χ4v) is 6.04. The number of nitrogen functional groups attached to an aromatic ring is 1. The number of nitrogens with two attached hydrogens (primary N) is 1. The highest BCUT2D eigenvalue weighted by Crippen LogP contribution is 2.44. The molecule has 4 bridgehead atoms. The van der Waals surface area contributed by atoms with Gasteiger partial charge in [-0.2, -0.15) is 18.2 Å². The van der Waals surface area contributed by atoms with E-state index in [0.717, 1.165) is 63.7 Å². The summed E-state index contributed by atoms with van der Waals surface area (Å²) in [7, 11) is 0. The Morgan fingerprint density at radius 1 is 1.00 bits per heavy atom. The quantitative estimate of drug-likeness (QED) is 0.658. The number of piperazine rings is 1. The molecule has 0 amide bonds. The van der Waals surface area contributed by atoms with E-state index in [2.05, 4.69) is 19.7 Å². The molecule has 2 aromatic rings.